The van der Waals surface area contributed by atoms with E-state index >= 15 is 0 Å². The second kappa shape index (κ2) is 9.79. The number of aromatic amines is 1. The number of carbonyl (C=O) groups is 1. The number of hydrogen-bond acceptors (Lipinski definition) is 5. The fraction of sp³-hybridized carbons (Fsp3) is 0.407. The monoisotopic (exact) mass is 444 g/mol. The highest BCUT2D eigenvalue weighted by Gasteiger charge is 2.16. The molecule has 1 aliphatic heterocycles. The third-order valence-corrected chi connectivity index (χ3v) is 6.68. The summed E-state index contributed by atoms with van der Waals surface area (Å²) in [5.41, 5.74) is 4.85. The van der Waals surface area contributed by atoms with E-state index in [0.717, 1.165) is 65.7 Å². The summed E-state index contributed by atoms with van der Waals surface area (Å²) in [5.74, 6) is 0.589. The van der Waals surface area contributed by atoms with Crippen molar-refractivity contribution in [1.29, 1.82) is 0 Å². The second-order valence-electron chi connectivity index (χ2n) is 9.04. The predicted octanol–water partition coefficient (Wildman–Crippen LogP) is 5.22. The van der Waals surface area contributed by atoms with Crippen molar-refractivity contribution in [2.75, 3.05) is 38.6 Å². The summed E-state index contributed by atoms with van der Waals surface area (Å²) in [6, 6.07) is 7.81. The number of allylic oxidation sites excluding steroid dienone is 4. The van der Waals surface area contributed by atoms with Crippen molar-refractivity contribution in [3.63, 3.8) is 0 Å². The second-order valence-corrected chi connectivity index (χ2v) is 9.04. The molecule has 6 heteroatoms. The van der Waals surface area contributed by atoms with Gasteiger partial charge in [0, 0.05) is 34.9 Å². The molecule has 1 saturated heterocycles. The molecule has 2 aromatic heterocycles. The van der Waals surface area contributed by atoms with Crippen LogP contribution in [-0.2, 0) is 11.2 Å². The number of esters is 1. The summed E-state index contributed by atoms with van der Waals surface area (Å²) in [6.07, 6.45) is 13.6. The molecule has 3 heterocycles. The number of aromatic nitrogens is 2. The number of H-pyrrole nitrogens is 1. The van der Waals surface area contributed by atoms with Gasteiger partial charge in [0.25, 0.3) is 0 Å². The summed E-state index contributed by atoms with van der Waals surface area (Å²) >= 11 is 0. The highest BCUT2D eigenvalue weighted by atomic mass is 16.5. The van der Waals surface area contributed by atoms with E-state index in [1.54, 1.807) is 0 Å². The zero-order valence-corrected chi connectivity index (χ0v) is 19.3. The average molecular weight is 445 g/mol. The molecule has 33 heavy (non-hydrogen) atoms. The van der Waals surface area contributed by atoms with Crippen molar-refractivity contribution in [3.05, 3.63) is 59.3 Å². The number of anilines is 1. The van der Waals surface area contributed by atoms with Crippen LogP contribution < -0.4 is 5.32 Å². The maximum Gasteiger partial charge on any atom is 0.337 e. The van der Waals surface area contributed by atoms with Crippen LogP contribution >= 0.6 is 0 Å². The largest absolute Gasteiger partial charge is 0.465 e. The summed E-state index contributed by atoms with van der Waals surface area (Å²) in [4.78, 5) is 23.1. The Hall–Kier alpha value is -3.12. The molecule has 1 aliphatic carbocycles. The Morgan fingerprint density at radius 1 is 1.18 bits per heavy atom. The van der Waals surface area contributed by atoms with Gasteiger partial charge in [0.05, 0.1) is 18.2 Å². The number of benzene rings is 1. The van der Waals surface area contributed by atoms with Crippen molar-refractivity contribution in [2.24, 2.45) is 0 Å². The Bertz CT molecular complexity index is 1220. The van der Waals surface area contributed by atoms with Crippen LogP contribution in [0.2, 0.25) is 0 Å². The molecule has 1 fully saturated rings. The molecule has 0 bridgehead atoms. The van der Waals surface area contributed by atoms with Gasteiger partial charge in [-0.2, -0.15) is 0 Å². The predicted molar refractivity (Wildman–Crippen MR) is 134 cm³/mol. The Morgan fingerprint density at radius 3 is 2.85 bits per heavy atom. The molecule has 0 saturated carbocycles. The van der Waals surface area contributed by atoms with Gasteiger partial charge in [-0.15, -0.1) is 0 Å². The van der Waals surface area contributed by atoms with Gasteiger partial charge in [-0.3, -0.25) is 0 Å². The van der Waals surface area contributed by atoms with E-state index < -0.39 is 0 Å². The highest BCUT2D eigenvalue weighted by Crippen LogP contribution is 2.32. The zero-order chi connectivity index (χ0) is 22.6. The van der Waals surface area contributed by atoms with Gasteiger partial charge in [-0.05, 0) is 69.1 Å². The molecule has 0 atom stereocenters. The third kappa shape index (κ3) is 4.81. The van der Waals surface area contributed by atoms with Gasteiger partial charge in [0.2, 0.25) is 0 Å². The normalized spacial score (nSPS) is 16.5. The van der Waals surface area contributed by atoms with Crippen LogP contribution in [-0.4, -0.2) is 54.1 Å². The lowest BCUT2D eigenvalue weighted by molar-refractivity contribution is 0.0601. The first kappa shape index (κ1) is 21.7. The Balaban J connectivity index is 1.43. The fourth-order valence-electron chi connectivity index (χ4n) is 4.98. The summed E-state index contributed by atoms with van der Waals surface area (Å²) < 4.78 is 4.90. The van der Waals surface area contributed by atoms with E-state index in [4.69, 9.17) is 9.72 Å². The molecule has 0 unspecified atom stereocenters. The molecule has 6 nitrogen and oxygen atoms in total. The third-order valence-electron chi connectivity index (χ3n) is 6.68. The van der Waals surface area contributed by atoms with Crippen LogP contribution in [0, 0.1) is 0 Å². The number of methoxy groups -OCH3 is 1. The molecular formula is C27H32N4O2. The van der Waals surface area contributed by atoms with E-state index in [2.05, 4.69) is 39.5 Å². The first-order valence-electron chi connectivity index (χ1n) is 12.1. The minimum absolute atomic E-state index is 0.328. The molecule has 2 aliphatic rings. The van der Waals surface area contributed by atoms with Gasteiger partial charge >= 0.3 is 5.97 Å². The number of ether oxygens (including phenoxy) is 1. The Labute approximate surface area is 194 Å². The standard InChI is InChI=1S/C27H32N4O2/c1-33-27(32)20-10-11-22-23(17-20)30-24-18-21(16-19-8-3-4-9-19)29-26(25(22)24)28-12-7-15-31-13-5-2-6-14-31/h3,8-11,17-18,30H,2,4-7,12-16H2,1H3,(H,28,29). The number of rotatable bonds is 8. The van der Waals surface area contributed by atoms with Crippen LogP contribution in [0.1, 0.15) is 48.2 Å². The number of nitrogens with one attached hydrogen (secondary N) is 2. The van der Waals surface area contributed by atoms with E-state index in [9.17, 15) is 4.79 Å². The van der Waals surface area contributed by atoms with E-state index in [1.165, 1.54) is 45.0 Å². The summed E-state index contributed by atoms with van der Waals surface area (Å²) in [5, 5.41) is 5.78. The van der Waals surface area contributed by atoms with Gasteiger partial charge in [0.1, 0.15) is 5.82 Å². The van der Waals surface area contributed by atoms with Crippen molar-refractivity contribution in [3.8, 4) is 0 Å². The molecule has 5 rings (SSSR count). The van der Waals surface area contributed by atoms with Crippen LogP contribution in [0.25, 0.3) is 21.8 Å². The molecule has 3 aromatic rings. The van der Waals surface area contributed by atoms with Gasteiger partial charge in [-0.1, -0.05) is 30.7 Å². The number of pyridine rings is 1. The number of likely N-dealkylation sites (tertiary alicyclic amines) is 1. The van der Waals surface area contributed by atoms with Crippen LogP contribution in [0.4, 0.5) is 5.82 Å². The lowest BCUT2D eigenvalue weighted by Crippen LogP contribution is -2.31. The lowest BCUT2D eigenvalue weighted by atomic mass is 10.1. The topological polar surface area (TPSA) is 70.2 Å². The Kier molecular flexibility index (Phi) is 6.44. The number of piperidine rings is 1. The van der Waals surface area contributed by atoms with Gasteiger partial charge < -0.3 is 19.9 Å². The number of carbonyl (C=O) groups excluding carboxylic acids is 1. The quantitative estimate of drug-likeness (QED) is 0.368. The van der Waals surface area contributed by atoms with Crippen molar-refractivity contribution in [2.45, 2.75) is 38.5 Å². The van der Waals surface area contributed by atoms with E-state index in [-0.39, 0.29) is 5.97 Å². The first-order valence-corrected chi connectivity index (χ1v) is 12.1. The SMILES string of the molecule is COC(=O)c1ccc2c(c1)[nH]c1cc(CC3=CCC=C3)nc(NCCCN3CCCCC3)c12. The molecule has 0 amide bonds. The fourth-order valence-corrected chi connectivity index (χ4v) is 4.98. The van der Waals surface area contributed by atoms with Crippen molar-refractivity contribution < 1.29 is 9.53 Å². The number of fused-ring (bicyclic) bond motifs is 3. The maximum absolute atomic E-state index is 12.0. The van der Waals surface area contributed by atoms with Crippen LogP contribution in [0.3, 0.4) is 0 Å². The average Bonchev–Trinajstić information content (AvgIpc) is 3.48. The van der Waals surface area contributed by atoms with Crippen LogP contribution in [0.5, 0.6) is 0 Å². The molecule has 2 N–H and O–H groups in total. The molecule has 172 valence electrons. The highest BCUT2D eigenvalue weighted by molar-refractivity contribution is 6.13. The number of hydrogen-bond donors (Lipinski definition) is 2. The first-order chi connectivity index (χ1) is 16.2. The summed E-state index contributed by atoms with van der Waals surface area (Å²) in [7, 11) is 1.41. The van der Waals surface area contributed by atoms with Crippen LogP contribution in [0.15, 0.2) is 48.1 Å². The maximum atomic E-state index is 12.0. The molecule has 0 spiro atoms. The molecular weight excluding hydrogens is 412 g/mol. The van der Waals surface area contributed by atoms with Gasteiger partial charge in [0.15, 0.2) is 0 Å². The molecule has 1 aromatic carbocycles. The lowest BCUT2D eigenvalue weighted by Gasteiger charge is -2.26. The van der Waals surface area contributed by atoms with Gasteiger partial charge in [-0.25, -0.2) is 9.78 Å². The van der Waals surface area contributed by atoms with E-state index in [0.29, 0.717) is 5.56 Å². The molecule has 0 radical (unpaired) electrons. The number of nitrogens with zero attached hydrogens (tertiary/aromatic N) is 2. The summed E-state index contributed by atoms with van der Waals surface area (Å²) in [6.45, 7) is 4.47. The minimum atomic E-state index is -0.328. The smallest absolute Gasteiger partial charge is 0.337 e. The Morgan fingerprint density at radius 2 is 2.06 bits per heavy atom. The minimum Gasteiger partial charge on any atom is -0.465 e. The van der Waals surface area contributed by atoms with E-state index in [1.807, 2.05) is 18.2 Å². The zero-order valence-electron chi connectivity index (χ0n) is 19.3. The van der Waals surface area contributed by atoms with Crippen molar-refractivity contribution in [1.82, 2.24) is 14.9 Å². The van der Waals surface area contributed by atoms with Crippen molar-refractivity contribution >= 4 is 33.6 Å².